The minimum absolute atomic E-state index is 0.0946. The van der Waals surface area contributed by atoms with Gasteiger partial charge < -0.3 is 10.1 Å². The molecule has 5 nitrogen and oxygen atoms in total. The van der Waals surface area contributed by atoms with Crippen molar-refractivity contribution in [1.82, 2.24) is 5.32 Å². The minimum Gasteiger partial charge on any atom is -0.497 e. The van der Waals surface area contributed by atoms with E-state index >= 15 is 0 Å². The van der Waals surface area contributed by atoms with E-state index in [0.717, 1.165) is 0 Å². The summed E-state index contributed by atoms with van der Waals surface area (Å²) >= 11 is 0. The van der Waals surface area contributed by atoms with Gasteiger partial charge in [-0.3, -0.25) is 14.5 Å². The first-order valence-electron chi connectivity index (χ1n) is 7.03. The van der Waals surface area contributed by atoms with Gasteiger partial charge in [-0.1, -0.05) is 26.8 Å². The van der Waals surface area contributed by atoms with Crippen LogP contribution in [0.2, 0.25) is 0 Å². The Hall–Kier alpha value is -2.04. The molecule has 2 amide bonds. The topological polar surface area (TPSA) is 58.6 Å². The van der Waals surface area contributed by atoms with E-state index in [2.05, 4.69) is 5.32 Å². The molecule has 2 rings (SSSR count). The predicted octanol–water partition coefficient (Wildman–Crippen LogP) is 1.96. The third-order valence-electron chi connectivity index (χ3n) is 3.74. The van der Waals surface area contributed by atoms with Crippen molar-refractivity contribution in [3.8, 4) is 5.75 Å². The van der Waals surface area contributed by atoms with Gasteiger partial charge in [0.05, 0.1) is 7.11 Å². The Kier molecular flexibility index (Phi) is 3.94. The van der Waals surface area contributed by atoms with E-state index in [1.165, 1.54) is 0 Å². The molecule has 0 aliphatic carbocycles. The van der Waals surface area contributed by atoms with Crippen LogP contribution in [0.4, 0.5) is 5.69 Å². The molecule has 2 atom stereocenters. The zero-order valence-electron chi connectivity index (χ0n) is 13.1. The second-order valence-electron chi connectivity index (χ2n) is 6.39. The average Bonchev–Trinajstić information content (AvgIpc) is 2.42. The molecule has 1 heterocycles. The van der Waals surface area contributed by atoms with Crippen LogP contribution in [0, 0.1) is 5.41 Å². The second kappa shape index (κ2) is 5.39. The predicted molar refractivity (Wildman–Crippen MR) is 81.3 cm³/mol. The quantitative estimate of drug-likeness (QED) is 0.906. The molecule has 0 saturated carbocycles. The van der Waals surface area contributed by atoms with Gasteiger partial charge in [0, 0.05) is 11.8 Å². The highest BCUT2D eigenvalue weighted by atomic mass is 16.5. The summed E-state index contributed by atoms with van der Waals surface area (Å²) in [7, 11) is 1.57. The van der Waals surface area contributed by atoms with E-state index in [1.54, 1.807) is 25.0 Å². The third kappa shape index (κ3) is 2.86. The number of benzene rings is 1. The molecule has 0 bridgehead atoms. The summed E-state index contributed by atoms with van der Waals surface area (Å²) in [6.07, 6.45) is 0. The molecule has 1 N–H and O–H groups in total. The zero-order valence-corrected chi connectivity index (χ0v) is 13.1. The van der Waals surface area contributed by atoms with Crippen LogP contribution in [0.15, 0.2) is 24.3 Å². The van der Waals surface area contributed by atoms with Gasteiger partial charge in [0.1, 0.15) is 17.8 Å². The fourth-order valence-corrected chi connectivity index (χ4v) is 2.47. The number of carbonyl (C=O) groups excluding carboxylic acids is 2. The molecule has 5 heteroatoms. The number of nitrogens with zero attached hydrogens (tertiary/aromatic N) is 1. The van der Waals surface area contributed by atoms with Crippen LogP contribution >= 0.6 is 0 Å². The molecule has 1 aliphatic heterocycles. The number of piperazine rings is 1. The highest BCUT2D eigenvalue weighted by molar-refractivity contribution is 6.08. The molecular weight excluding hydrogens is 268 g/mol. The van der Waals surface area contributed by atoms with E-state index in [0.29, 0.717) is 11.4 Å². The van der Waals surface area contributed by atoms with Crippen molar-refractivity contribution in [2.24, 2.45) is 5.41 Å². The number of methoxy groups -OCH3 is 1. The largest absolute Gasteiger partial charge is 0.497 e. The lowest BCUT2D eigenvalue weighted by molar-refractivity contribution is -0.136. The van der Waals surface area contributed by atoms with Gasteiger partial charge in [-0.15, -0.1) is 0 Å². The molecule has 114 valence electrons. The van der Waals surface area contributed by atoms with Crippen LogP contribution in [0.25, 0.3) is 0 Å². The number of anilines is 1. The van der Waals surface area contributed by atoms with Crippen LogP contribution in [-0.2, 0) is 9.59 Å². The Morgan fingerprint density at radius 2 is 1.90 bits per heavy atom. The molecule has 2 unspecified atom stereocenters. The molecule has 21 heavy (non-hydrogen) atoms. The van der Waals surface area contributed by atoms with Gasteiger partial charge >= 0.3 is 0 Å². The van der Waals surface area contributed by atoms with E-state index < -0.39 is 12.1 Å². The highest BCUT2D eigenvalue weighted by Crippen LogP contribution is 2.30. The first-order valence-corrected chi connectivity index (χ1v) is 7.03. The summed E-state index contributed by atoms with van der Waals surface area (Å²) in [5.41, 5.74) is 0.334. The smallest absolute Gasteiger partial charge is 0.250 e. The summed E-state index contributed by atoms with van der Waals surface area (Å²) in [4.78, 5) is 26.6. The van der Waals surface area contributed by atoms with Crippen molar-refractivity contribution in [1.29, 1.82) is 0 Å². The van der Waals surface area contributed by atoms with Gasteiger partial charge in [0.2, 0.25) is 5.91 Å². The van der Waals surface area contributed by atoms with Crippen molar-refractivity contribution in [2.45, 2.75) is 39.8 Å². The first-order chi connectivity index (χ1) is 9.75. The maximum absolute atomic E-state index is 12.8. The maximum atomic E-state index is 12.8. The first kappa shape index (κ1) is 15.4. The summed E-state index contributed by atoms with van der Waals surface area (Å²) < 4.78 is 5.20. The van der Waals surface area contributed by atoms with Crippen molar-refractivity contribution >= 4 is 17.5 Å². The summed E-state index contributed by atoms with van der Waals surface area (Å²) in [6.45, 7) is 7.55. The lowest BCUT2D eigenvalue weighted by atomic mass is 9.84. The van der Waals surface area contributed by atoms with Crippen LogP contribution < -0.4 is 15.0 Å². The standard InChI is InChI=1S/C16H22N2O3/c1-10-14(19)17-13(16(2,3)4)15(20)18(10)11-7-6-8-12(9-11)21-5/h6-10,13H,1-5H3,(H,17,19). The number of hydrogen-bond donors (Lipinski definition) is 1. The number of hydrogen-bond acceptors (Lipinski definition) is 3. The van der Waals surface area contributed by atoms with E-state index in [9.17, 15) is 9.59 Å². The fourth-order valence-electron chi connectivity index (χ4n) is 2.47. The Balaban J connectivity index is 2.43. The number of carbonyl (C=O) groups is 2. The van der Waals surface area contributed by atoms with Crippen LogP contribution in [-0.4, -0.2) is 31.0 Å². The van der Waals surface area contributed by atoms with Gasteiger partial charge in [-0.2, -0.15) is 0 Å². The number of nitrogens with one attached hydrogen (secondary N) is 1. The molecule has 1 fully saturated rings. The van der Waals surface area contributed by atoms with Gasteiger partial charge in [-0.25, -0.2) is 0 Å². The molecule has 1 saturated heterocycles. The maximum Gasteiger partial charge on any atom is 0.250 e. The van der Waals surface area contributed by atoms with Crippen molar-refractivity contribution in [3.05, 3.63) is 24.3 Å². The van der Waals surface area contributed by atoms with Crippen molar-refractivity contribution in [2.75, 3.05) is 12.0 Å². The van der Waals surface area contributed by atoms with Crippen LogP contribution in [0.1, 0.15) is 27.7 Å². The van der Waals surface area contributed by atoms with Gasteiger partial charge in [-0.05, 0) is 24.5 Å². The fraction of sp³-hybridized carbons (Fsp3) is 0.500. The van der Waals surface area contributed by atoms with E-state index in [4.69, 9.17) is 4.74 Å². The molecule has 0 aromatic heterocycles. The van der Waals surface area contributed by atoms with Crippen LogP contribution in [0.5, 0.6) is 5.75 Å². The third-order valence-corrected chi connectivity index (χ3v) is 3.74. The highest BCUT2D eigenvalue weighted by Gasteiger charge is 2.44. The second-order valence-corrected chi connectivity index (χ2v) is 6.39. The summed E-state index contributed by atoms with van der Waals surface area (Å²) in [6, 6.07) is 6.13. The number of rotatable bonds is 2. The molecule has 0 spiro atoms. The molecular formula is C16H22N2O3. The Labute approximate surface area is 125 Å². The summed E-state index contributed by atoms with van der Waals surface area (Å²) in [5.74, 6) is 0.422. The van der Waals surface area contributed by atoms with E-state index in [-0.39, 0.29) is 17.2 Å². The molecule has 1 aromatic carbocycles. The van der Waals surface area contributed by atoms with E-state index in [1.807, 2.05) is 39.0 Å². The monoisotopic (exact) mass is 290 g/mol. The Morgan fingerprint density at radius 1 is 1.24 bits per heavy atom. The van der Waals surface area contributed by atoms with Crippen molar-refractivity contribution < 1.29 is 14.3 Å². The minimum atomic E-state index is -0.539. The average molecular weight is 290 g/mol. The Bertz CT molecular complexity index is 563. The molecule has 1 aromatic rings. The molecule has 0 radical (unpaired) electrons. The Morgan fingerprint density at radius 3 is 2.48 bits per heavy atom. The summed E-state index contributed by atoms with van der Waals surface area (Å²) in [5, 5.41) is 2.82. The SMILES string of the molecule is COc1cccc(N2C(=O)C(C(C)(C)C)NC(=O)C2C)c1. The number of ether oxygens (including phenoxy) is 1. The normalized spacial score (nSPS) is 23.0. The van der Waals surface area contributed by atoms with Crippen LogP contribution in [0.3, 0.4) is 0 Å². The van der Waals surface area contributed by atoms with Crippen molar-refractivity contribution in [3.63, 3.8) is 0 Å². The van der Waals surface area contributed by atoms with Gasteiger partial charge in [0.15, 0.2) is 0 Å². The lowest BCUT2D eigenvalue weighted by Gasteiger charge is -2.42. The van der Waals surface area contributed by atoms with Gasteiger partial charge in [0.25, 0.3) is 5.91 Å². The molecule has 1 aliphatic rings. The zero-order chi connectivity index (χ0) is 15.8. The lowest BCUT2D eigenvalue weighted by Crippen LogP contribution is -2.66. The number of amides is 2.